The Morgan fingerprint density at radius 1 is 1.16 bits per heavy atom. The maximum atomic E-state index is 6.01. The molecule has 0 fully saturated rings. The van der Waals surface area contributed by atoms with Crippen LogP contribution in [0.3, 0.4) is 0 Å². The fourth-order valence-electron chi connectivity index (χ4n) is 2.24. The predicted molar refractivity (Wildman–Crippen MR) is 77.8 cm³/mol. The molecule has 0 aliphatic heterocycles. The van der Waals surface area contributed by atoms with Gasteiger partial charge in [0.15, 0.2) is 0 Å². The Hall–Kier alpha value is -1.52. The van der Waals surface area contributed by atoms with E-state index in [1.54, 1.807) is 12.1 Å². The molecular weight excluding hydrogens is 283 g/mol. The number of H-pyrrole nitrogens is 1. The van der Waals surface area contributed by atoms with Gasteiger partial charge in [-0.05, 0) is 26.0 Å². The minimum Gasteiger partial charge on any atom is -0.338 e. The van der Waals surface area contributed by atoms with Gasteiger partial charge in [-0.15, -0.1) is 0 Å². The van der Waals surface area contributed by atoms with Crippen molar-refractivity contribution in [2.24, 2.45) is 7.05 Å². The first-order chi connectivity index (χ1) is 8.97. The summed E-state index contributed by atoms with van der Waals surface area (Å²) < 4.78 is 1.85. The Morgan fingerprint density at radius 3 is 2.47 bits per heavy atom. The summed E-state index contributed by atoms with van der Waals surface area (Å²) in [5.41, 5.74) is 4.69. The van der Waals surface area contributed by atoms with Gasteiger partial charge in [0.2, 0.25) is 0 Å². The summed E-state index contributed by atoms with van der Waals surface area (Å²) in [7, 11) is 1.92. The van der Waals surface area contributed by atoms with E-state index in [0.717, 1.165) is 33.8 Å². The molecule has 4 nitrogen and oxygen atoms in total. The van der Waals surface area contributed by atoms with Crippen LogP contribution in [0.1, 0.15) is 11.4 Å². The third kappa shape index (κ3) is 1.91. The average Bonchev–Trinajstić information content (AvgIpc) is 2.82. The van der Waals surface area contributed by atoms with Crippen molar-refractivity contribution in [1.29, 1.82) is 0 Å². The first-order valence-electron chi connectivity index (χ1n) is 5.82. The van der Waals surface area contributed by atoms with Crippen LogP contribution < -0.4 is 0 Å². The summed E-state index contributed by atoms with van der Waals surface area (Å²) in [6, 6.07) is 3.55. The van der Waals surface area contributed by atoms with Crippen LogP contribution in [0.4, 0.5) is 0 Å². The fraction of sp³-hybridized carbons (Fsp3) is 0.231. The monoisotopic (exact) mass is 294 g/mol. The van der Waals surface area contributed by atoms with Gasteiger partial charge in [0.05, 0.1) is 32.3 Å². The van der Waals surface area contributed by atoms with Gasteiger partial charge in [-0.1, -0.05) is 23.2 Å². The number of halogens is 2. The van der Waals surface area contributed by atoms with E-state index in [2.05, 4.69) is 15.1 Å². The van der Waals surface area contributed by atoms with Crippen molar-refractivity contribution in [3.05, 3.63) is 33.6 Å². The highest BCUT2D eigenvalue weighted by atomic mass is 35.5. The van der Waals surface area contributed by atoms with E-state index in [1.165, 1.54) is 0 Å². The van der Waals surface area contributed by atoms with E-state index in [9.17, 15) is 0 Å². The van der Waals surface area contributed by atoms with Gasteiger partial charge in [-0.3, -0.25) is 4.68 Å². The lowest BCUT2D eigenvalue weighted by atomic mass is 10.2. The van der Waals surface area contributed by atoms with Crippen LogP contribution in [0.15, 0.2) is 12.1 Å². The normalized spacial score (nSPS) is 11.4. The number of hydrogen-bond acceptors (Lipinski definition) is 2. The zero-order valence-corrected chi connectivity index (χ0v) is 12.3. The van der Waals surface area contributed by atoms with Crippen molar-refractivity contribution in [2.75, 3.05) is 0 Å². The molecule has 6 heteroatoms. The molecule has 19 heavy (non-hydrogen) atoms. The summed E-state index contributed by atoms with van der Waals surface area (Å²) in [5, 5.41) is 5.42. The molecule has 0 saturated heterocycles. The molecule has 0 radical (unpaired) electrons. The van der Waals surface area contributed by atoms with Crippen molar-refractivity contribution >= 4 is 34.2 Å². The number of fused-ring (bicyclic) bond motifs is 1. The van der Waals surface area contributed by atoms with Gasteiger partial charge in [0.25, 0.3) is 0 Å². The number of aryl methyl sites for hydroxylation is 2. The van der Waals surface area contributed by atoms with Gasteiger partial charge < -0.3 is 4.98 Å². The zero-order valence-electron chi connectivity index (χ0n) is 10.8. The van der Waals surface area contributed by atoms with Crippen LogP contribution in [0.25, 0.3) is 22.4 Å². The molecule has 0 amide bonds. The molecule has 1 aromatic carbocycles. The van der Waals surface area contributed by atoms with E-state index in [-0.39, 0.29) is 0 Å². The van der Waals surface area contributed by atoms with Gasteiger partial charge in [-0.2, -0.15) is 5.10 Å². The van der Waals surface area contributed by atoms with Crippen LogP contribution in [-0.4, -0.2) is 19.7 Å². The molecule has 3 aromatic rings. The summed E-state index contributed by atoms with van der Waals surface area (Å²) in [6.45, 7) is 3.98. The second-order valence-corrected chi connectivity index (χ2v) is 5.35. The van der Waals surface area contributed by atoms with Gasteiger partial charge in [0.1, 0.15) is 5.82 Å². The molecule has 1 N–H and O–H groups in total. The van der Waals surface area contributed by atoms with E-state index < -0.39 is 0 Å². The van der Waals surface area contributed by atoms with Crippen LogP contribution >= 0.6 is 23.2 Å². The molecule has 0 atom stereocenters. The molecule has 0 aliphatic carbocycles. The summed E-state index contributed by atoms with van der Waals surface area (Å²) >= 11 is 12.0. The van der Waals surface area contributed by atoms with Gasteiger partial charge >= 0.3 is 0 Å². The van der Waals surface area contributed by atoms with E-state index >= 15 is 0 Å². The highest BCUT2D eigenvalue weighted by Crippen LogP contribution is 2.30. The fourth-order valence-corrected chi connectivity index (χ4v) is 2.56. The van der Waals surface area contributed by atoms with Gasteiger partial charge in [-0.25, -0.2) is 4.98 Å². The van der Waals surface area contributed by atoms with Crippen molar-refractivity contribution < 1.29 is 0 Å². The third-order valence-corrected chi connectivity index (χ3v) is 3.99. The van der Waals surface area contributed by atoms with Crippen molar-refractivity contribution in [3.8, 4) is 11.4 Å². The minimum absolute atomic E-state index is 0.506. The largest absolute Gasteiger partial charge is 0.338 e. The first kappa shape index (κ1) is 12.5. The lowest BCUT2D eigenvalue weighted by molar-refractivity contribution is 0.731. The van der Waals surface area contributed by atoms with Crippen LogP contribution in [0.5, 0.6) is 0 Å². The maximum absolute atomic E-state index is 6.01. The molecule has 2 aromatic heterocycles. The molecule has 0 unspecified atom stereocenters. The number of rotatable bonds is 1. The standard InChI is InChI=1S/C13H12Cl2N4/c1-6-12(7(2)19(3)18-6)13-16-10-4-8(14)9(15)5-11(10)17-13/h4-5H,1-3H3,(H,16,17). The smallest absolute Gasteiger partial charge is 0.142 e. The molecule has 2 heterocycles. The van der Waals surface area contributed by atoms with Crippen molar-refractivity contribution in [3.63, 3.8) is 0 Å². The van der Waals surface area contributed by atoms with Crippen molar-refractivity contribution in [1.82, 2.24) is 19.7 Å². The summed E-state index contributed by atoms with van der Waals surface area (Å²) in [6.07, 6.45) is 0. The lowest BCUT2D eigenvalue weighted by Crippen LogP contribution is -1.92. The second-order valence-electron chi connectivity index (χ2n) is 4.54. The Bertz CT molecular complexity index is 747. The van der Waals surface area contributed by atoms with E-state index in [4.69, 9.17) is 23.2 Å². The van der Waals surface area contributed by atoms with Crippen LogP contribution in [0.2, 0.25) is 10.0 Å². The highest BCUT2D eigenvalue weighted by Gasteiger charge is 2.16. The van der Waals surface area contributed by atoms with E-state index in [0.29, 0.717) is 10.0 Å². The number of benzene rings is 1. The molecule has 0 spiro atoms. The minimum atomic E-state index is 0.506. The molecule has 0 aliphatic rings. The third-order valence-electron chi connectivity index (χ3n) is 3.27. The summed E-state index contributed by atoms with van der Waals surface area (Å²) in [4.78, 5) is 7.84. The number of hydrogen-bond donors (Lipinski definition) is 1. The number of imidazole rings is 1. The van der Waals surface area contributed by atoms with Crippen LogP contribution in [0, 0.1) is 13.8 Å². The quantitative estimate of drug-likeness (QED) is 0.740. The Balaban J connectivity index is 2.26. The first-order valence-corrected chi connectivity index (χ1v) is 6.58. The molecule has 0 saturated carbocycles. The zero-order chi connectivity index (χ0) is 13.7. The number of aromatic nitrogens is 4. The van der Waals surface area contributed by atoms with Gasteiger partial charge in [0, 0.05) is 12.7 Å². The van der Waals surface area contributed by atoms with E-state index in [1.807, 2.05) is 25.6 Å². The summed E-state index contributed by atoms with van der Waals surface area (Å²) in [5.74, 6) is 0.788. The average molecular weight is 295 g/mol. The maximum Gasteiger partial charge on any atom is 0.142 e. The topological polar surface area (TPSA) is 46.5 Å². The van der Waals surface area contributed by atoms with Crippen LogP contribution in [-0.2, 0) is 7.05 Å². The number of nitrogens with zero attached hydrogens (tertiary/aromatic N) is 3. The Morgan fingerprint density at radius 2 is 1.84 bits per heavy atom. The number of nitrogens with one attached hydrogen (secondary N) is 1. The highest BCUT2D eigenvalue weighted by molar-refractivity contribution is 6.42. The Kier molecular flexibility index (Phi) is 2.80. The predicted octanol–water partition coefficient (Wildman–Crippen LogP) is 3.89. The lowest BCUT2D eigenvalue weighted by Gasteiger charge is -1.96. The number of aromatic amines is 1. The van der Waals surface area contributed by atoms with Crippen molar-refractivity contribution in [2.45, 2.75) is 13.8 Å². The SMILES string of the molecule is Cc1nn(C)c(C)c1-c1nc2cc(Cl)c(Cl)cc2[nH]1. The molecular formula is C13H12Cl2N4. The molecule has 3 rings (SSSR count). The Labute approximate surface area is 120 Å². The molecule has 0 bridgehead atoms. The molecule has 98 valence electrons. The second kappa shape index (κ2) is 4.25.